The molecule has 4 aromatic carbocycles. The van der Waals surface area contributed by atoms with Crippen molar-refractivity contribution >= 4 is 50.9 Å². The molecule has 0 spiro atoms. The average Bonchev–Trinajstić information content (AvgIpc) is 3.25. The number of nitro benzene ring substituents is 1. The van der Waals surface area contributed by atoms with Gasteiger partial charge in [0.05, 0.1) is 21.1 Å². The number of carbonyl (C=O) groups excluding carboxylic acids is 4. The van der Waals surface area contributed by atoms with E-state index >= 15 is 0 Å². The summed E-state index contributed by atoms with van der Waals surface area (Å²) >= 11 is 6.20. The molecule has 0 saturated heterocycles. The standard InChI is InChI=1S/C30H20ClN3O9S/c1-18-9-15-21(16-10-18)44(41,42)43-20-13-11-19(12-14-20)26(35)17-32(28(36)22-5-2-3-7-24(22)31)33-29(37)23-6-4-8-25(34(39)40)27(23)30(33)38/h2-16H,17H2,1H3. The molecule has 0 unspecified atom stereocenters. The van der Waals surface area contributed by atoms with Crippen LogP contribution in [0.5, 0.6) is 5.75 Å². The number of rotatable bonds is 9. The van der Waals surface area contributed by atoms with Crippen LogP contribution in [0.25, 0.3) is 0 Å². The van der Waals surface area contributed by atoms with Crippen molar-refractivity contribution < 1.29 is 36.7 Å². The van der Waals surface area contributed by atoms with Gasteiger partial charge in [-0.25, -0.2) is 5.01 Å². The highest BCUT2D eigenvalue weighted by Gasteiger charge is 2.46. The van der Waals surface area contributed by atoms with Crippen LogP contribution >= 0.6 is 11.6 Å². The van der Waals surface area contributed by atoms with Crippen LogP contribution in [0.1, 0.15) is 47.0 Å². The zero-order valence-corrected chi connectivity index (χ0v) is 24.2. The lowest BCUT2D eigenvalue weighted by atomic mass is 10.1. The maximum atomic E-state index is 13.7. The molecular formula is C30H20ClN3O9S. The van der Waals surface area contributed by atoms with Crippen molar-refractivity contribution in [2.45, 2.75) is 11.8 Å². The molecule has 0 aromatic heterocycles. The number of aryl methyl sites for hydroxylation is 1. The van der Waals surface area contributed by atoms with Crippen molar-refractivity contribution in [3.8, 4) is 5.75 Å². The molecule has 0 bridgehead atoms. The predicted octanol–water partition coefficient (Wildman–Crippen LogP) is 4.86. The van der Waals surface area contributed by atoms with Gasteiger partial charge in [0.25, 0.3) is 23.4 Å². The van der Waals surface area contributed by atoms with Gasteiger partial charge >= 0.3 is 10.1 Å². The van der Waals surface area contributed by atoms with Gasteiger partial charge in [-0.2, -0.15) is 13.4 Å². The second-order valence-corrected chi connectivity index (χ2v) is 11.5. The van der Waals surface area contributed by atoms with E-state index in [4.69, 9.17) is 15.8 Å². The summed E-state index contributed by atoms with van der Waals surface area (Å²) in [5.41, 5.74) is -0.792. The highest BCUT2D eigenvalue weighted by molar-refractivity contribution is 7.87. The Morgan fingerprint density at radius 2 is 1.57 bits per heavy atom. The summed E-state index contributed by atoms with van der Waals surface area (Å²) in [6.07, 6.45) is 0. The number of imide groups is 1. The summed E-state index contributed by atoms with van der Waals surface area (Å²) in [5, 5.41) is 12.5. The fourth-order valence-electron chi connectivity index (χ4n) is 4.44. The van der Waals surface area contributed by atoms with E-state index in [-0.39, 0.29) is 32.4 Å². The number of fused-ring (bicyclic) bond motifs is 1. The smallest absolute Gasteiger partial charge is 0.339 e. The Bertz CT molecular complexity index is 1960. The second kappa shape index (κ2) is 11.7. The maximum Gasteiger partial charge on any atom is 0.339 e. The quantitative estimate of drug-likeness (QED) is 0.0824. The minimum Gasteiger partial charge on any atom is -0.379 e. The fourth-order valence-corrected chi connectivity index (χ4v) is 5.58. The van der Waals surface area contributed by atoms with Crippen LogP contribution in [-0.2, 0) is 10.1 Å². The summed E-state index contributed by atoms with van der Waals surface area (Å²) in [5.74, 6) is -4.07. The third-order valence-corrected chi connectivity index (χ3v) is 8.22. The molecule has 5 rings (SSSR count). The third kappa shape index (κ3) is 5.65. The molecule has 12 nitrogen and oxygen atoms in total. The summed E-state index contributed by atoms with van der Waals surface area (Å²) in [6, 6.07) is 20.2. The summed E-state index contributed by atoms with van der Waals surface area (Å²) in [7, 11) is -4.17. The van der Waals surface area contributed by atoms with E-state index in [1.165, 1.54) is 66.7 Å². The summed E-state index contributed by atoms with van der Waals surface area (Å²) in [4.78, 5) is 64.5. The molecule has 4 aromatic rings. The largest absolute Gasteiger partial charge is 0.379 e. The number of nitro groups is 1. The number of hydrazine groups is 1. The molecule has 3 amide bonds. The highest BCUT2D eigenvalue weighted by atomic mass is 35.5. The van der Waals surface area contributed by atoms with E-state index in [1.807, 2.05) is 0 Å². The van der Waals surface area contributed by atoms with Gasteiger partial charge < -0.3 is 4.18 Å². The molecule has 0 aliphatic carbocycles. The zero-order chi connectivity index (χ0) is 31.8. The Balaban J connectivity index is 1.45. The summed E-state index contributed by atoms with van der Waals surface area (Å²) in [6.45, 7) is 0.944. The van der Waals surface area contributed by atoms with Gasteiger partial charge in [-0.05, 0) is 61.5 Å². The number of carbonyl (C=O) groups is 4. The monoisotopic (exact) mass is 633 g/mol. The van der Waals surface area contributed by atoms with E-state index in [0.717, 1.165) is 11.6 Å². The van der Waals surface area contributed by atoms with Crippen molar-refractivity contribution in [1.82, 2.24) is 10.0 Å². The lowest BCUT2D eigenvalue weighted by molar-refractivity contribution is -0.385. The Hall–Kier alpha value is -5.40. The first-order chi connectivity index (χ1) is 20.9. The molecule has 0 radical (unpaired) electrons. The number of halogens is 1. The fraction of sp³-hybridized carbons (Fsp3) is 0.0667. The SMILES string of the molecule is Cc1ccc(S(=O)(=O)Oc2ccc(C(=O)CN(C(=O)c3ccccc3Cl)N3C(=O)c4cccc([N+](=O)[O-])c4C3=O)cc2)cc1. The van der Waals surface area contributed by atoms with Crippen LogP contribution in [0.15, 0.2) is 95.9 Å². The van der Waals surface area contributed by atoms with Crippen molar-refractivity contribution in [2.75, 3.05) is 6.54 Å². The van der Waals surface area contributed by atoms with Crippen LogP contribution in [0, 0.1) is 17.0 Å². The Morgan fingerprint density at radius 1 is 0.909 bits per heavy atom. The molecule has 1 aliphatic heterocycles. The number of Topliss-reactive ketones (excluding diaryl/α,β-unsaturated/α-hetero) is 1. The first-order valence-corrected chi connectivity index (χ1v) is 14.5. The number of benzene rings is 4. The van der Waals surface area contributed by atoms with E-state index < -0.39 is 56.3 Å². The predicted molar refractivity (Wildman–Crippen MR) is 156 cm³/mol. The second-order valence-electron chi connectivity index (χ2n) is 9.52. The first kappa shape index (κ1) is 30.1. The van der Waals surface area contributed by atoms with Gasteiger partial charge in [0.15, 0.2) is 5.78 Å². The van der Waals surface area contributed by atoms with Crippen LogP contribution in [-0.4, -0.2) is 53.4 Å². The van der Waals surface area contributed by atoms with Gasteiger partial charge in [0.1, 0.15) is 22.8 Å². The number of hydrogen-bond donors (Lipinski definition) is 0. The molecule has 0 atom stereocenters. The molecule has 1 heterocycles. The molecule has 1 aliphatic rings. The lowest BCUT2D eigenvalue weighted by Gasteiger charge is -2.29. The van der Waals surface area contributed by atoms with E-state index in [9.17, 15) is 37.7 Å². The van der Waals surface area contributed by atoms with E-state index in [0.29, 0.717) is 10.0 Å². The molecule has 0 fully saturated rings. The van der Waals surface area contributed by atoms with Gasteiger partial charge in [0, 0.05) is 11.6 Å². The molecule has 0 N–H and O–H groups in total. The lowest BCUT2D eigenvalue weighted by Crippen LogP contribution is -2.51. The van der Waals surface area contributed by atoms with Crippen LogP contribution in [0.3, 0.4) is 0 Å². The number of ketones is 1. The number of nitrogens with zero attached hydrogens (tertiary/aromatic N) is 3. The van der Waals surface area contributed by atoms with Crippen molar-refractivity contribution in [2.24, 2.45) is 0 Å². The van der Waals surface area contributed by atoms with Gasteiger partial charge in [0.2, 0.25) is 0 Å². The molecule has 0 saturated carbocycles. The molecule has 222 valence electrons. The van der Waals surface area contributed by atoms with Crippen LogP contribution in [0.4, 0.5) is 5.69 Å². The van der Waals surface area contributed by atoms with Crippen molar-refractivity contribution in [3.05, 3.63) is 134 Å². The Kier molecular flexibility index (Phi) is 8.00. The first-order valence-electron chi connectivity index (χ1n) is 12.8. The van der Waals surface area contributed by atoms with Gasteiger partial charge in [-0.3, -0.25) is 29.3 Å². The molecule has 44 heavy (non-hydrogen) atoms. The van der Waals surface area contributed by atoms with Crippen LogP contribution < -0.4 is 4.18 Å². The Morgan fingerprint density at radius 3 is 2.20 bits per heavy atom. The molecule has 14 heteroatoms. The Labute approximate surface area is 255 Å². The van der Waals surface area contributed by atoms with Gasteiger partial charge in [-0.1, -0.05) is 47.5 Å². The molecular weight excluding hydrogens is 614 g/mol. The maximum absolute atomic E-state index is 13.7. The van der Waals surface area contributed by atoms with Crippen molar-refractivity contribution in [1.29, 1.82) is 0 Å². The van der Waals surface area contributed by atoms with E-state index in [1.54, 1.807) is 25.1 Å². The van der Waals surface area contributed by atoms with E-state index in [2.05, 4.69) is 0 Å². The average molecular weight is 634 g/mol. The highest BCUT2D eigenvalue weighted by Crippen LogP contribution is 2.33. The van der Waals surface area contributed by atoms with Gasteiger partial charge in [-0.15, -0.1) is 0 Å². The van der Waals surface area contributed by atoms with Crippen LogP contribution in [0.2, 0.25) is 5.02 Å². The number of amides is 3. The third-order valence-electron chi connectivity index (χ3n) is 6.63. The number of hydrogen-bond acceptors (Lipinski definition) is 9. The minimum absolute atomic E-state index is 0.0235. The topological polar surface area (TPSA) is 161 Å². The minimum atomic E-state index is -4.17. The van der Waals surface area contributed by atoms with Crippen molar-refractivity contribution in [3.63, 3.8) is 0 Å². The normalized spacial score (nSPS) is 12.5. The zero-order valence-electron chi connectivity index (χ0n) is 22.7. The summed E-state index contributed by atoms with van der Waals surface area (Å²) < 4.78 is 30.4.